The van der Waals surface area contributed by atoms with E-state index < -0.39 is 11.4 Å². The summed E-state index contributed by atoms with van der Waals surface area (Å²) in [6.45, 7) is 3.92. The van der Waals surface area contributed by atoms with Gasteiger partial charge in [-0.1, -0.05) is 13.8 Å². The SMILES string of the molecule is COc1cncc(C2(C(=O)O)CC2(C)C)c1. The van der Waals surface area contributed by atoms with Crippen LogP contribution in [-0.2, 0) is 10.2 Å². The predicted octanol–water partition coefficient (Wildman–Crippen LogP) is 1.84. The second-order valence-corrected chi connectivity index (χ2v) is 4.88. The summed E-state index contributed by atoms with van der Waals surface area (Å²) in [7, 11) is 1.55. The Morgan fingerprint density at radius 2 is 2.12 bits per heavy atom. The number of rotatable bonds is 3. The molecular weight excluding hydrogens is 206 g/mol. The third kappa shape index (κ3) is 1.29. The van der Waals surface area contributed by atoms with Gasteiger partial charge in [0.1, 0.15) is 5.75 Å². The first-order valence-electron chi connectivity index (χ1n) is 5.17. The number of hydrogen-bond donors (Lipinski definition) is 1. The van der Waals surface area contributed by atoms with Crippen molar-refractivity contribution in [3.63, 3.8) is 0 Å². The maximum absolute atomic E-state index is 11.4. The van der Waals surface area contributed by atoms with Crippen molar-refractivity contribution in [2.45, 2.75) is 25.7 Å². The van der Waals surface area contributed by atoms with E-state index in [1.165, 1.54) is 0 Å². The number of nitrogens with zero attached hydrogens (tertiary/aromatic N) is 1. The molecule has 4 heteroatoms. The van der Waals surface area contributed by atoms with Gasteiger partial charge in [-0.3, -0.25) is 9.78 Å². The minimum absolute atomic E-state index is 0.215. The summed E-state index contributed by atoms with van der Waals surface area (Å²) < 4.78 is 5.07. The molecule has 1 heterocycles. The lowest BCUT2D eigenvalue weighted by Gasteiger charge is -2.16. The number of ether oxygens (including phenoxy) is 1. The number of carboxylic acid groups (broad SMARTS) is 1. The Morgan fingerprint density at radius 3 is 2.56 bits per heavy atom. The van der Waals surface area contributed by atoms with Crippen LogP contribution in [0.3, 0.4) is 0 Å². The number of methoxy groups -OCH3 is 1. The Hall–Kier alpha value is -1.58. The Morgan fingerprint density at radius 1 is 1.50 bits per heavy atom. The van der Waals surface area contributed by atoms with Gasteiger partial charge in [0.2, 0.25) is 0 Å². The van der Waals surface area contributed by atoms with Crippen LogP contribution in [0.5, 0.6) is 5.75 Å². The van der Waals surface area contributed by atoms with E-state index in [1.807, 2.05) is 13.8 Å². The molecule has 1 aliphatic carbocycles. The molecule has 0 amide bonds. The highest BCUT2D eigenvalue weighted by Crippen LogP contribution is 2.64. The van der Waals surface area contributed by atoms with E-state index in [-0.39, 0.29) is 5.41 Å². The van der Waals surface area contributed by atoms with Gasteiger partial charge in [-0.15, -0.1) is 0 Å². The molecule has 0 aliphatic heterocycles. The number of carboxylic acids is 1. The van der Waals surface area contributed by atoms with Crippen molar-refractivity contribution in [1.29, 1.82) is 0 Å². The minimum atomic E-state index is -0.797. The molecule has 1 fully saturated rings. The van der Waals surface area contributed by atoms with Gasteiger partial charge in [0, 0.05) is 6.20 Å². The van der Waals surface area contributed by atoms with Crippen LogP contribution in [0.15, 0.2) is 18.5 Å². The van der Waals surface area contributed by atoms with Crippen LogP contribution in [0.25, 0.3) is 0 Å². The summed E-state index contributed by atoms with van der Waals surface area (Å²) in [5.41, 5.74) is -0.286. The van der Waals surface area contributed by atoms with Crippen molar-refractivity contribution >= 4 is 5.97 Å². The number of aromatic nitrogens is 1. The summed E-state index contributed by atoms with van der Waals surface area (Å²) in [5.74, 6) is -0.187. The second-order valence-electron chi connectivity index (χ2n) is 4.88. The largest absolute Gasteiger partial charge is 0.495 e. The molecule has 1 unspecified atom stereocenters. The van der Waals surface area contributed by atoms with Gasteiger partial charge in [-0.05, 0) is 23.5 Å². The summed E-state index contributed by atoms with van der Waals surface area (Å²) >= 11 is 0. The molecule has 1 aromatic heterocycles. The standard InChI is InChI=1S/C12H15NO3/c1-11(2)7-12(11,10(14)15)8-4-9(16-3)6-13-5-8/h4-6H,7H2,1-3H3,(H,14,15). The van der Waals surface area contributed by atoms with E-state index in [9.17, 15) is 9.90 Å². The first-order valence-corrected chi connectivity index (χ1v) is 5.17. The lowest BCUT2D eigenvalue weighted by atomic mass is 9.89. The normalized spacial score (nSPS) is 26.2. The molecule has 4 nitrogen and oxygen atoms in total. The maximum atomic E-state index is 11.4. The van der Waals surface area contributed by atoms with Crippen LogP contribution in [-0.4, -0.2) is 23.2 Å². The number of aliphatic carboxylic acids is 1. The van der Waals surface area contributed by atoms with Crippen LogP contribution < -0.4 is 4.74 Å². The molecule has 1 N–H and O–H groups in total. The smallest absolute Gasteiger partial charge is 0.314 e. The van der Waals surface area contributed by atoms with Gasteiger partial charge in [0.25, 0.3) is 0 Å². The fraction of sp³-hybridized carbons (Fsp3) is 0.500. The van der Waals surface area contributed by atoms with Gasteiger partial charge in [-0.25, -0.2) is 0 Å². The summed E-state index contributed by atoms with van der Waals surface area (Å²) in [6.07, 6.45) is 3.84. The molecule has 0 spiro atoms. The third-order valence-electron chi connectivity index (χ3n) is 3.54. The van der Waals surface area contributed by atoms with Gasteiger partial charge in [0.15, 0.2) is 0 Å². The summed E-state index contributed by atoms with van der Waals surface area (Å²) in [5, 5.41) is 9.39. The Kier molecular flexibility index (Phi) is 2.19. The number of hydrogen-bond acceptors (Lipinski definition) is 3. The average Bonchev–Trinajstić information content (AvgIpc) is 2.83. The van der Waals surface area contributed by atoms with Crippen LogP contribution in [0, 0.1) is 5.41 Å². The van der Waals surface area contributed by atoms with Crippen LogP contribution in [0.2, 0.25) is 0 Å². The fourth-order valence-electron chi connectivity index (χ4n) is 2.36. The van der Waals surface area contributed by atoms with E-state index in [4.69, 9.17) is 4.74 Å². The van der Waals surface area contributed by atoms with E-state index in [2.05, 4.69) is 4.98 Å². The van der Waals surface area contributed by atoms with E-state index >= 15 is 0 Å². The van der Waals surface area contributed by atoms with E-state index in [0.717, 1.165) is 5.56 Å². The quantitative estimate of drug-likeness (QED) is 0.846. The van der Waals surface area contributed by atoms with Crippen molar-refractivity contribution in [2.75, 3.05) is 7.11 Å². The van der Waals surface area contributed by atoms with Crippen molar-refractivity contribution < 1.29 is 14.6 Å². The highest BCUT2D eigenvalue weighted by Gasteiger charge is 2.68. The molecule has 0 saturated heterocycles. The molecule has 0 aromatic carbocycles. The lowest BCUT2D eigenvalue weighted by Crippen LogP contribution is -2.25. The molecule has 16 heavy (non-hydrogen) atoms. The first-order chi connectivity index (χ1) is 7.44. The first kappa shape index (κ1) is 10.9. The van der Waals surface area contributed by atoms with Crippen molar-refractivity contribution in [3.8, 4) is 5.75 Å². The molecule has 86 valence electrons. The zero-order valence-electron chi connectivity index (χ0n) is 9.65. The molecule has 1 saturated carbocycles. The fourth-order valence-corrected chi connectivity index (χ4v) is 2.36. The molecule has 1 aromatic rings. The molecule has 0 radical (unpaired) electrons. The lowest BCUT2D eigenvalue weighted by molar-refractivity contribution is -0.141. The van der Waals surface area contributed by atoms with Crippen molar-refractivity contribution in [3.05, 3.63) is 24.0 Å². The van der Waals surface area contributed by atoms with Gasteiger partial charge < -0.3 is 9.84 Å². The topological polar surface area (TPSA) is 59.4 Å². The van der Waals surface area contributed by atoms with Crippen molar-refractivity contribution in [1.82, 2.24) is 4.98 Å². The zero-order chi connectivity index (χ0) is 12.0. The van der Waals surface area contributed by atoms with Gasteiger partial charge >= 0.3 is 5.97 Å². The van der Waals surface area contributed by atoms with Crippen LogP contribution in [0.4, 0.5) is 0 Å². The van der Waals surface area contributed by atoms with E-state index in [1.54, 1.807) is 25.6 Å². The second kappa shape index (κ2) is 3.20. The van der Waals surface area contributed by atoms with E-state index in [0.29, 0.717) is 12.2 Å². The van der Waals surface area contributed by atoms with Crippen LogP contribution in [0.1, 0.15) is 25.8 Å². The summed E-state index contributed by atoms with van der Waals surface area (Å²) in [6, 6.07) is 1.76. The predicted molar refractivity (Wildman–Crippen MR) is 58.5 cm³/mol. The molecule has 1 atom stereocenters. The zero-order valence-corrected chi connectivity index (χ0v) is 9.65. The molecule has 2 rings (SSSR count). The monoisotopic (exact) mass is 221 g/mol. The van der Waals surface area contributed by atoms with Gasteiger partial charge in [-0.2, -0.15) is 0 Å². The number of pyridine rings is 1. The third-order valence-corrected chi connectivity index (χ3v) is 3.54. The van der Waals surface area contributed by atoms with Crippen LogP contribution >= 0.6 is 0 Å². The Labute approximate surface area is 94.3 Å². The average molecular weight is 221 g/mol. The Balaban J connectivity index is 2.47. The molecule has 0 bridgehead atoms. The maximum Gasteiger partial charge on any atom is 0.314 e. The van der Waals surface area contributed by atoms with Gasteiger partial charge in [0.05, 0.1) is 18.7 Å². The number of carbonyl (C=O) groups is 1. The molecular formula is C12H15NO3. The highest BCUT2D eigenvalue weighted by molar-refractivity contribution is 5.87. The molecule has 1 aliphatic rings. The van der Waals surface area contributed by atoms with Crippen molar-refractivity contribution in [2.24, 2.45) is 5.41 Å². The summed E-state index contributed by atoms with van der Waals surface area (Å²) in [4.78, 5) is 15.5. The highest BCUT2D eigenvalue weighted by atomic mass is 16.5. The minimum Gasteiger partial charge on any atom is -0.495 e. The Bertz CT molecular complexity index is 442.